The number of likely N-dealkylation sites (N-methyl/N-ethyl adjacent to an activating group) is 1. The summed E-state index contributed by atoms with van der Waals surface area (Å²) in [5.74, 6) is -0.196. The van der Waals surface area contributed by atoms with Gasteiger partial charge in [0, 0.05) is 33.2 Å². The van der Waals surface area contributed by atoms with Gasteiger partial charge in [-0.25, -0.2) is 0 Å². The van der Waals surface area contributed by atoms with Crippen LogP contribution in [0.3, 0.4) is 0 Å². The molecule has 3 aliphatic heterocycles. The van der Waals surface area contributed by atoms with Crippen molar-refractivity contribution in [3.63, 3.8) is 0 Å². The second-order valence-electron chi connectivity index (χ2n) is 8.08. The van der Waals surface area contributed by atoms with E-state index in [1.807, 2.05) is 24.0 Å². The number of piperidine rings is 1. The Bertz CT molecular complexity index is 759. The molecule has 6 heteroatoms. The third-order valence-electron chi connectivity index (χ3n) is 5.88. The number of benzene rings is 1. The van der Waals surface area contributed by atoms with Gasteiger partial charge in [-0.15, -0.1) is 0 Å². The first-order chi connectivity index (χ1) is 12.8. The molecule has 3 saturated heterocycles. The van der Waals surface area contributed by atoms with Gasteiger partial charge in [-0.2, -0.15) is 0 Å². The van der Waals surface area contributed by atoms with Crippen molar-refractivity contribution < 1.29 is 14.4 Å². The number of hydrogen-bond donors (Lipinski definition) is 0. The summed E-state index contributed by atoms with van der Waals surface area (Å²) in [6.07, 6.45) is 2.00. The van der Waals surface area contributed by atoms with Crippen molar-refractivity contribution in [1.82, 2.24) is 14.7 Å². The first-order valence-electron chi connectivity index (χ1n) is 9.60. The number of amides is 3. The van der Waals surface area contributed by atoms with Gasteiger partial charge < -0.3 is 14.7 Å². The Morgan fingerprint density at radius 2 is 1.85 bits per heavy atom. The van der Waals surface area contributed by atoms with E-state index in [0.717, 1.165) is 18.4 Å². The zero-order valence-electron chi connectivity index (χ0n) is 16.7. The molecule has 3 aliphatic rings. The molecule has 1 aromatic carbocycles. The van der Waals surface area contributed by atoms with Gasteiger partial charge in [0.1, 0.15) is 6.54 Å². The van der Waals surface area contributed by atoms with Gasteiger partial charge in [0.05, 0.1) is 12.3 Å². The highest BCUT2D eigenvalue weighted by Gasteiger charge is 2.42. The molecule has 0 radical (unpaired) electrons. The van der Waals surface area contributed by atoms with E-state index in [1.165, 1.54) is 16.0 Å². The highest BCUT2D eigenvalue weighted by Crippen LogP contribution is 2.29. The molecule has 2 bridgehead atoms. The Morgan fingerprint density at radius 1 is 1.11 bits per heavy atom. The molecule has 0 N–H and O–H groups in total. The summed E-state index contributed by atoms with van der Waals surface area (Å²) >= 11 is 0. The molecule has 0 unspecified atom stereocenters. The average Bonchev–Trinajstić information content (AvgIpc) is 2.91. The standard InChI is InChI=1S/C21H29N3O3/c1-14-5-6-16(9-15(14)2)10-19(25)23-11-17-7-8-18(12-23)24(21(17)27)13-20(26)22(3)4/h5-6,9,17-18H,7-8,10-13H2,1-4H3/t17-,18+/m1/s1. The van der Waals surface area contributed by atoms with Crippen LogP contribution in [-0.2, 0) is 20.8 Å². The van der Waals surface area contributed by atoms with Gasteiger partial charge in [-0.1, -0.05) is 18.2 Å². The molecule has 3 amide bonds. The number of hydrogen-bond acceptors (Lipinski definition) is 3. The van der Waals surface area contributed by atoms with Crippen molar-refractivity contribution in [3.05, 3.63) is 34.9 Å². The maximum absolute atomic E-state index is 12.9. The Labute approximate surface area is 161 Å². The number of aryl methyl sites for hydroxylation is 2. The van der Waals surface area contributed by atoms with Crippen molar-refractivity contribution >= 4 is 17.7 Å². The van der Waals surface area contributed by atoms with Crippen LogP contribution < -0.4 is 0 Å². The van der Waals surface area contributed by atoms with Crippen LogP contribution in [0.2, 0.25) is 0 Å². The van der Waals surface area contributed by atoms with Crippen LogP contribution in [0.15, 0.2) is 18.2 Å². The Kier molecular flexibility index (Phi) is 5.53. The summed E-state index contributed by atoms with van der Waals surface area (Å²) < 4.78 is 0. The topological polar surface area (TPSA) is 60.9 Å². The summed E-state index contributed by atoms with van der Waals surface area (Å²) in [4.78, 5) is 42.8. The number of rotatable bonds is 4. The normalized spacial score (nSPS) is 22.0. The summed E-state index contributed by atoms with van der Waals surface area (Å²) in [6, 6.07) is 6.04. The summed E-state index contributed by atoms with van der Waals surface area (Å²) in [6.45, 7) is 5.20. The van der Waals surface area contributed by atoms with Crippen molar-refractivity contribution in [2.45, 2.75) is 39.2 Å². The highest BCUT2D eigenvalue weighted by atomic mass is 16.2. The quantitative estimate of drug-likeness (QED) is 0.803. The maximum atomic E-state index is 12.9. The summed E-state index contributed by atoms with van der Waals surface area (Å²) in [5, 5.41) is 0. The van der Waals surface area contributed by atoms with E-state index in [4.69, 9.17) is 0 Å². The third-order valence-corrected chi connectivity index (χ3v) is 5.88. The molecule has 0 saturated carbocycles. The van der Waals surface area contributed by atoms with Gasteiger partial charge in [0.2, 0.25) is 17.7 Å². The predicted octanol–water partition coefficient (Wildman–Crippen LogP) is 1.38. The lowest BCUT2D eigenvalue weighted by Crippen LogP contribution is -2.51. The highest BCUT2D eigenvalue weighted by molar-refractivity contribution is 5.88. The smallest absolute Gasteiger partial charge is 0.241 e. The van der Waals surface area contributed by atoms with E-state index in [0.29, 0.717) is 19.5 Å². The van der Waals surface area contributed by atoms with Crippen LogP contribution >= 0.6 is 0 Å². The number of carbonyl (C=O) groups excluding carboxylic acids is 3. The van der Waals surface area contributed by atoms with E-state index in [2.05, 4.69) is 13.0 Å². The third kappa shape index (κ3) is 4.15. The number of carbonyl (C=O) groups is 3. The molecule has 4 rings (SSSR count). The first-order valence-corrected chi connectivity index (χ1v) is 9.60. The fourth-order valence-electron chi connectivity index (χ4n) is 3.94. The van der Waals surface area contributed by atoms with Crippen molar-refractivity contribution in [2.24, 2.45) is 5.92 Å². The summed E-state index contributed by atoms with van der Waals surface area (Å²) in [7, 11) is 3.39. The Balaban J connectivity index is 1.71. The molecule has 0 aromatic heterocycles. The van der Waals surface area contributed by atoms with Gasteiger partial charge in [0.25, 0.3) is 0 Å². The van der Waals surface area contributed by atoms with Gasteiger partial charge >= 0.3 is 0 Å². The van der Waals surface area contributed by atoms with Crippen molar-refractivity contribution in [2.75, 3.05) is 33.7 Å². The maximum Gasteiger partial charge on any atom is 0.241 e. The second kappa shape index (κ2) is 7.71. The van der Waals surface area contributed by atoms with Gasteiger partial charge in [-0.3, -0.25) is 14.4 Å². The van der Waals surface area contributed by atoms with Gasteiger partial charge in [-0.05, 0) is 43.4 Å². The van der Waals surface area contributed by atoms with Crippen LogP contribution in [0.1, 0.15) is 29.5 Å². The minimum Gasteiger partial charge on any atom is -0.347 e. The van der Waals surface area contributed by atoms with E-state index in [9.17, 15) is 14.4 Å². The zero-order chi connectivity index (χ0) is 19.7. The molecule has 3 fully saturated rings. The van der Waals surface area contributed by atoms with Crippen molar-refractivity contribution in [3.8, 4) is 0 Å². The van der Waals surface area contributed by atoms with E-state index in [-0.39, 0.29) is 36.2 Å². The number of fused-ring (bicyclic) bond motifs is 4. The first kappa shape index (κ1) is 19.4. The molecular formula is C21H29N3O3. The molecular weight excluding hydrogens is 342 g/mol. The van der Waals surface area contributed by atoms with Crippen LogP contribution in [0.4, 0.5) is 0 Å². The molecule has 6 nitrogen and oxygen atoms in total. The largest absolute Gasteiger partial charge is 0.347 e. The molecule has 27 heavy (non-hydrogen) atoms. The van der Waals surface area contributed by atoms with Crippen LogP contribution in [0.25, 0.3) is 0 Å². The molecule has 146 valence electrons. The lowest BCUT2D eigenvalue weighted by Gasteiger charge is -2.35. The average molecular weight is 371 g/mol. The predicted molar refractivity (Wildman–Crippen MR) is 103 cm³/mol. The minimum atomic E-state index is -0.192. The Morgan fingerprint density at radius 3 is 2.52 bits per heavy atom. The van der Waals surface area contributed by atoms with Crippen molar-refractivity contribution in [1.29, 1.82) is 0 Å². The monoisotopic (exact) mass is 371 g/mol. The van der Waals surface area contributed by atoms with E-state index < -0.39 is 0 Å². The van der Waals surface area contributed by atoms with Crippen LogP contribution in [0.5, 0.6) is 0 Å². The van der Waals surface area contributed by atoms with Gasteiger partial charge in [0.15, 0.2) is 0 Å². The van der Waals surface area contributed by atoms with Crippen LogP contribution in [-0.4, -0.2) is 72.2 Å². The molecule has 3 heterocycles. The fraction of sp³-hybridized carbons (Fsp3) is 0.571. The lowest BCUT2D eigenvalue weighted by atomic mass is 9.94. The van der Waals surface area contributed by atoms with E-state index >= 15 is 0 Å². The van der Waals surface area contributed by atoms with E-state index in [1.54, 1.807) is 19.0 Å². The minimum absolute atomic E-state index is 0.0166. The molecule has 0 aliphatic carbocycles. The molecule has 2 atom stereocenters. The fourth-order valence-corrected chi connectivity index (χ4v) is 3.94. The molecule has 0 spiro atoms. The summed E-state index contributed by atoms with van der Waals surface area (Å²) in [5.41, 5.74) is 3.40. The SMILES string of the molecule is Cc1ccc(CC(=O)N2C[C@H]3CC[C@@H](C2)N(CC(=O)N(C)C)C3=O)cc1C. The van der Waals surface area contributed by atoms with Crippen LogP contribution in [0, 0.1) is 19.8 Å². The lowest BCUT2D eigenvalue weighted by molar-refractivity contribution is -0.145. The second-order valence-corrected chi connectivity index (χ2v) is 8.08. The molecule has 1 aromatic rings. The zero-order valence-corrected chi connectivity index (χ0v) is 16.7. The number of nitrogens with zero attached hydrogens (tertiary/aromatic N) is 3. The Hall–Kier alpha value is -2.37.